The molecule has 2 aromatic heterocycles. The Labute approximate surface area is 191 Å². The highest BCUT2D eigenvalue weighted by atomic mass is 79.9. The van der Waals surface area contributed by atoms with Gasteiger partial charge in [0.05, 0.1) is 5.69 Å². The summed E-state index contributed by atoms with van der Waals surface area (Å²) in [6.45, 7) is 1.81. The maximum Gasteiger partial charge on any atom is 0.330 e. The number of nitrogens with one attached hydrogen (secondary N) is 3. The van der Waals surface area contributed by atoms with E-state index in [1.165, 1.54) is 4.57 Å². The summed E-state index contributed by atoms with van der Waals surface area (Å²) in [4.78, 5) is 43.8. The molecule has 2 aromatic carbocycles. The summed E-state index contributed by atoms with van der Waals surface area (Å²) in [5.41, 5.74) is 2.46. The first-order valence-electron chi connectivity index (χ1n) is 9.62. The largest absolute Gasteiger partial charge is 0.330 e. The van der Waals surface area contributed by atoms with Gasteiger partial charge in [-0.2, -0.15) is 0 Å². The molecule has 0 bridgehead atoms. The second-order valence-electron chi connectivity index (χ2n) is 6.97. The number of anilines is 2. The van der Waals surface area contributed by atoms with Crippen molar-refractivity contribution in [3.8, 4) is 5.69 Å². The van der Waals surface area contributed by atoms with Crippen molar-refractivity contribution in [2.75, 3.05) is 10.6 Å². The molecule has 0 aliphatic rings. The molecule has 0 fully saturated rings. The number of benzene rings is 2. The molecule has 8 nitrogen and oxygen atoms in total. The number of rotatable bonds is 5. The van der Waals surface area contributed by atoms with E-state index in [0.29, 0.717) is 28.3 Å². The van der Waals surface area contributed by atoms with Crippen LogP contribution >= 0.6 is 15.9 Å². The zero-order valence-electron chi connectivity index (χ0n) is 16.9. The van der Waals surface area contributed by atoms with Gasteiger partial charge in [-0.15, -0.1) is 0 Å². The molecule has 9 heteroatoms. The lowest BCUT2D eigenvalue weighted by atomic mass is 10.1. The zero-order chi connectivity index (χ0) is 22.7. The molecule has 0 unspecified atom stereocenters. The highest BCUT2D eigenvalue weighted by Gasteiger charge is 2.11. The lowest BCUT2D eigenvalue weighted by molar-refractivity contribution is 0.101. The fraction of sp³-hybridized carbons (Fsp3) is 0.0435. The number of nitrogens with zero attached hydrogens (tertiary/aromatic N) is 2. The molecule has 0 spiro atoms. The second-order valence-corrected chi connectivity index (χ2v) is 7.88. The Morgan fingerprint density at radius 1 is 0.969 bits per heavy atom. The van der Waals surface area contributed by atoms with Crippen molar-refractivity contribution in [3.63, 3.8) is 0 Å². The van der Waals surface area contributed by atoms with E-state index < -0.39 is 0 Å². The number of pyridine rings is 1. The molecular weight excluding hydrogens is 474 g/mol. The Balaban J connectivity index is 1.46. The van der Waals surface area contributed by atoms with Crippen LogP contribution in [0.3, 0.4) is 0 Å². The van der Waals surface area contributed by atoms with Gasteiger partial charge in [0.1, 0.15) is 5.82 Å². The van der Waals surface area contributed by atoms with Crippen LogP contribution in [0.2, 0.25) is 0 Å². The standard InChI is InChI=1S/C23H18BrN5O3/c1-14-12-26-23(32)29(14)19-8-5-15(6-9-19)21(30)27-18-4-2-3-16(11-18)22(31)28-20-10-7-17(24)13-25-20/h2-13H,1H3,(H,26,32)(H,27,30)(H,25,28,31). The van der Waals surface area contributed by atoms with Gasteiger partial charge >= 0.3 is 5.69 Å². The van der Waals surface area contributed by atoms with E-state index in [-0.39, 0.29) is 17.5 Å². The molecule has 0 saturated carbocycles. The number of aryl methyl sites for hydroxylation is 1. The SMILES string of the molecule is Cc1c[nH]c(=O)n1-c1ccc(C(=O)Nc2cccc(C(=O)Nc3ccc(Br)cn3)c2)cc1. The number of carbonyl (C=O) groups is 2. The molecule has 4 aromatic rings. The molecule has 0 saturated heterocycles. The molecule has 32 heavy (non-hydrogen) atoms. The van der Waals surface area contributed by atoms with Crippen LogP contribution in [0.1, 0.15) is 26.4 Å². The molecular formula is C23H18BrN5O3. The van der Waals surface area contributed by atoms with E-state index in [2.05, 4.69) is 36.5 Å². The van der Waals surface area contributed by atoms with E-state index in [1.54, 1.807) is 73.1 Å². The van der Waals surface area contributed by atoms with Crippen LogP contribution in [-0.4, -0.2) is 26.3 Å². The Kier molecular flexibility index (Phi) is 6.00. The van der Waals surface area contributed by atoms with Crippen LogP contribution < -0.4 is 16.3 Å². The summed E-state index contributed by atoms with van der Waals surface area (Å²) in [7, 11) is 0. The van der Waals surface area contributed by atoms with Gasteiger partial charge in [-0.05, 0) is 77.5 Å². The van der Waals surface area contributed by atoms with E-state index in [4.69, 9.17) is 0 Å². The van der Waals surface area contributed by atoms with Crippen molar-refractivity contribution in [3.05, 3.63) is 105 Å². The number of hydrogen-bond acceptors (Lipinski definition) is 4. The average molecular weight is 492 g/mol. The Bertz CT molecular complexity index is 1340. The monoisotopic (exact) mass is 491 g/mol. The number of aromatic amines is 1. The van der Waals surface area contributed by atoms with Gasteiger partial charge in [-0.1, -0.05) is 6.07 Å². The minimum Gasteiger partial charge on any atom is -0.322 e. The van der Waals surface area contributed by atoms with Crippen LogP contribution in [0, 0.1) is 6.92 Å². The number of amides is 2. The van der Waals surface area contributed by atoms with E-state index >= 15 is 0 Å². The first kappa shape index (κ1) is 21.3. The first-order valence-corrected chi connectivity index (χ1v) is 10.4. The number of hydrogen-bond donors (Lipinski definition) is 3. The lowest BCUT2D eigenvalue weighted by Crippen LogP contribution is -2.17. The Morgan fingerprint density at radius 3 is 2.38 bits per heavy atom. The highest BCUT2D eigenvalue weighted by Crippen LogP contribution is 2.16. The van der Waals surface area contributed by atoms with E-state index in [1.807, 2.05) is 6.92 Å². The molecule has 0 radical (unpaired) electrons. The van der Waals surface area contributed by atoms with E-state index in [9.17, 15) is 14.4 Å². The molecule has 0 aliphatic heterocycles. The third-order valence-corrected chi connectivity index (χ3v) is 5.17. The third-order valence-electron chi connectivity index (χ3n) is 4.70. The molecule has 160 valence electrons. The van der Waals surface area contributed by atoms with Crippen LogP contribution in [0.4, 0.5) is 11.5 Å². The van der Waals surface area contributed by atoms with Crippen LogP contribution in [0.5, 0.6) is 0 Å². The second kappa shape index (κ2) is 9.03. The Morgan fingerprint density at radius 2 is 1.72 bits per heavy atom. The van der Waals surface area contributed by atoms with Crippen LogP contribution in [0.25, 0.3) is 5.69 Å². The van der Waals surface area contributed by atoms with Crippen molar-refractivity contribution in [2.45, 2.75) is 6.92 Å². The van der Waals surface area contributed by atoms with Crippen molar-refractivity contribution in [1.82, 2.24) is 14.5 Å². The van der Waals surface area contributed by atoms with Crippen molar-refractivity contribution < 1.29 is 9.59 Å². The summed E-state index contributed by atoms with van der Waals surface area (Å²) >= 11 is 3.30. The van der Waals surface area contributed by atoms with Gasteiger partial charge in [0, 0.05) is 39.4 Å². The summed E-state index contributed by atoms with van der Waals surface area (Å²) in [6.07, 6.45) is 3.21. The first-order chi connectivity index (χ1) is 15.4. The normalized spacial score (nSPS) is 10.6. The van der Waals surface area contributed by atoms with Crippen LogP contribution in [0.15, 0.2) is 82.3 Å². The minimum absolute atomic E-state index is 0.242. The predicted octanol–water partition coefficient (Wildman–Crippen LogP) is 4.14. The predicted molar refractivity (Wildman–Crippen MR) is 125 cm³/mol. The maximum absolute atomic E-state index is 12.6. The fourth-order valence-electron chi connectivity index (χ4n) is 3.12. The molecule has 0 aliphatic carbocycles. The Hall–Kier alpha value is -3.98. The number of H-pyrrole nitrogens is 1. The molecule has 3 N–H and O–H groups in total. The molecule has 0 atom stereocenters. The molecule has 4 rings (SSSR count). The van der Waals surface area contributed by atoms with Gasteiger partial charge in [0.2, 0.25) is 0 Å². The topological polar surface area (TPSA) is 109 Å². The zero-order valence-corrected chi connectivity index (χ0v) is 18.5. The van der Waals surface area contributed by atoms with Crippen molar-refractivity contribution in [2.24, 2.45) is 0 Å². The number of imidazole rings is 1. The minimum atomic E-state index is -0.340. The van der Waals surface area contributed by atoms with Crippen molar-refractivity contribution in [1.29, 1.82) is 0 Å². The van der Waals surface area contributed by atoms with Gasteiger partial charge in [-0.25, -0.2) is 9.78 Å². The van der Waals surface area contributed by atoms with Gasteiger partial charge in [-0.3, -0.25) is 14.2 Å². The highest BCUT2D eigenvalue weighted by molar-refractivity contribution is 9.10. The van der Waals surface area contributed by atoms with Crippen molar-refractivity contribution >= 4 is 39.2 Å². The number of carbonyl (C=O) groups excluding carboxylic acids is 2. The van der Waals surface area contributed by atoms with Gasteiger partial charge in [0.15, 0.2) is 0 Å². The van der Waals surface area contributed by atoms with Gasteiger partial charge < -0.3 is 15.6 Å². The number of halogens is 1. The summed E-state index contributed by atoms with van der Waals surface area (Å²) in [5, 5.41) is 5.50. The molecule has 2 amide bonds. The van der Waals surface area contributed by atoms with Crippen LogP contribution in [-0.2, 0) is 0 Å². The third kappa shape index (κ3) is 4.68. The quantitative estimate of drug-likeness (QED) is 0.389. The summed E-state index contributed by atoms with van der Waals surface area (Å²) in [6, 6.07) is 16.8. The van der Waals surface area contributed by atoms with Gasteiger partial charge in [0.25, 0.3) is 11.8 Å². The number of aromatic nitrogens is 3. The molecule has 2 heterocycles. The lowest BCUT2D eigenvalue weighted by Gasteiger charge is -2.09. The smallest absolute Gasteiger partial charge is 0.322 e. The fourth-order valence-corrected chi connectivity index (χ4v) is 3.35. The average Bonchev–Trinajstić information content (AvgIpc) is 3.13. The summed E-state index contributed by atoms with van der Waals surface area (Å²) < 4.78 is 2.33. The van der Waals surface area contributed by atoms with E-state index in [0.717, 1.165) is 10.2 Å². The maximum atomic E-state index is 12.6. The summed E-state index contributed by atoms with van der Waals surface area (Å²) in [5.74, 6) is -0.251.